The highest BCUT2D eigenvalue weighted by Crippen LogP contribution is 2.27. The lowest BCUT2D eigenvalue weighted by atomic mass is 10.1. The normalized spacial score (nSPS) is 15.8. The number of fused-ring (bicyclic) bond motifs is 2. The number of ether oxygens (including phenoxy) is 2. The van der Waals surface area contributed by atoms with Gasteiger partial charge in [0.25, 0.3) is 9.05 Å². The number of piperazine rings is 2. The van der Waals surface area contributed by atoms with Crippen molar-refractivity contribution in [2.24, 2.45) is 0 Å². The van der Waals surface area contributed by atoms with Crippen molar-refractivity contribution in [2.45, 2.75) is 62.5 Å². The first kappa shape index (κ1) is 41.8. The zero-order valence-corrected chi connectivity index (χ0v) is 33.4. The van der Waals surface area contributed by atoms with Crippen LogP contribution in [-0.4, -0.2) is 107 Å². The van der Waals surface area contributed by atoms with Gasteiger partial charge in [-0.05, 0) is 64.4 Å². The molecule has 2 aliphatic heterocycles. The third-order valence-electron chi connectivity index (χ3n) is 8.04. The SMILES string of the molecule is CC(C)(C)OC(=O)N1CCN(S(=O)(=O)c2cccc3ccccc23)CC1.CC(C)(C)OC(=O)N1CCNCC1.O=S(=O)(Cl)c1cccc2ccccc12. The fraction of sp³-hybridized carbons (Fsp3) is 0.421. The molecule has 0 aromatic heterocycles. The van der Waals surface area contributed by atoms with E-state index in [-0.39, 0.29) is 29.7 Å². The van der Waals surface area contributed by atoms with E-state index < -0.39 is 30.8 Å². The Bertz CT molecular complexity index is 2090. The molecule has 4 aromatic rings. The number of carbonyl (C=O) groups is 2. The van der Waals surface area contributed by atoms with Crippen molar-refractivity contribution in [1.29, 1.82) is 0 Å². The molecule has 1 N–H and O–H groups in total. The second-order valence-electron chi connectivity index (χ2n) is 14.5. The van der Waals surface area contributed by atoms with Gasteiger partial charge in [-0.15, -0.1) is 0 Å². The summed E-state index contributed by atoms with van der Waals surface area (Å²) >= 11 is 0. The lowest BCUT2D eigenvalue weighted by Crippen LogP contribution is -2.51. The maximum Gasteiger partial charge on any atom is 0.410 e. The van der Waals surface area contributed by atoms with Crippen LogP contribution in [0.25, 0.3) is 21.5 Å². The molecule has 288 valence electrons. The van der Waals surface area contributed by atoms with Crippen LogP contribution in [0.5, 0.6) is 0 Å². The Kier molecular flexibility index (Phi) is 13.8. The van der Waals surface area contributed by atoms with Crippen molar-refractivity contribution in [3.05, 3.63) is 84.9 Å². The summed E-state index contributed by atoms with van der Waals surface area (Å²) in [5, 5.41) is 6.31. The summed E-state index contributed by atoms with van der Waals surface area (Å²) in [4.78, 5) is 27.4. The fourth-order valence-corrected chi connectivity index (χ4v) is 8.31. The van der Waals surface area contributed by atoms with Gasteiger partial charge in [0.2, 0.25) is 10.0 Å². The molecule has 0 radical (unpaired) electrons. The molecule has 0 saturated carbocycles. The molecule has 15 heteroatoms. The number of amides is 2. The summed E-state index contributed by atoms with van der Waals surface area (Å²) < 4.78 is 60.7. The molecule has 0 spiro atoms. The summed E-state index contributed by atoms with van der Waals surface area (Å²) in [5.74, 6) is 0. The van der Waals surface area contributed by atoms with Gasteiger partial charge in [0.05, 0.1) is 9.79 Å². The number of halogens is 1. The molecular formula is C38H49ClN4O8S2. The van der Waals surface area contributed by atoms with Crippen molar-refractivity contribution in [3.63, 3.8) is 0 Å². The van der Waals surface area contributed by atoms with Crippen LogP contribution in [0.15, 0.2) is 94.7 Å². The number of hydrogen-bond acceptors (Lipinski definition) is 9. The zero-order valence-electron chi connectivity index (χ0n) is 31.0. The van der Waals surface area contributed by atoms with Crippen LogP contribution >= 0.6 is 10.7 Å². The average molecular weight is 789 g/mol. The van der Waals surface area contributed by atoms with Crippen LogP contribution in [0.1, 0.15) is 41.5 Å². The number of carbonyl (C=O) groups excluding carboxylic acids is 2. The molecule has 4 aromatic carbocycles. The van der Waals surface area contributed by atoms with E-state index in [1.54, 1.807) is 40.1 Å². The standard InChI is InChI=1S/C19H24N2O4S.C10H7ClO2S.C9H18N2O2/c1-19(2,3)25-18(22)20-11-13-21(14-12-20)26(23,24)17-10-6-8-15-7-4-5-9-16(15)17;11-14(12,13)10-7-3-5-8-4-1-2-6-9(8)10;1-9(2,3)13-8(12)11-6-4-10-5-7-11/h4-10H,11-14H2,1-3H3;1-7H;10H,4-7H2,1-3H3. The minimum atomic E-state index is -3.66. The molecule has 0 atom stereocenters. The van der Waals surface area contributed by atoms with Crippen LogP contribution in [-0.2, 0) is 28.5 Å². The van der Waals surface area contributed by atoms with Crippen LogP contribution in [0.3, 0.4) is 0 Å². The molecular weight excluding hydrogens is 740 g/mol. The highest BCUT2D eigenvalue weighted by molar-refractivity contribution is 8.14. The lowest BCUT2D eigenvalue weighted by Gasteiger charge is -2.35. The van der Waals surface area contributed by atoms with E-state index in [0.29, 0.717) is 28.8 Å². The Balaban J connectivity index is 0.000000196. The molecule has 2 amide bonds. The fourth-order valence-electron chi connectivity index (χ4n) is 5.58. The molecule has 6 rings (SSSR count). The Labute approximate surface area is 317 Å². The predicted molar refractivity (Wildman–Crippen MR) is 208 cm³/mol. The van der Waals surface area contributed by atoms with Crippen LogP contribution in [0, 0.1) is 0 Å². The van der Waals surface area contributed by atoms with E-state index in [4.69, 9.17) is 20.2 Å². The van der Waals surface area contributed by atoms with Gasteiger partial charge in [0.1, 0.15) is 11.2 Å². The summed E-state index contributed by atoms with van der Waals surface area (Å²) in [6, 6.07) is 25.0. The summed E-state index contributed by atoms with van der Waals surface area (Å²) in [7, 11) is -1.97. The highest BCUT2D eigenvalue weighted by Gasteiger charge is 2.32. The van der Waals surface area contributed by atoms with E-state index in [1.165, 1.54) is 10.4 Å². The Hall–Kier alpha value is -3.95. The summed E-state index contributed by atoms with van der Waals surface area (Å²) in [6.45, 7) is 15.4. The van der Waals surface area contributed by atoms with Crippen molar-refractivity contribution in [2.75, 3.05) is 52.4 Å². The highest BCUT2D eigenvalue weighted by atomic mass is 35.7. The summed E-state index contributed by atoms with van der Waals surface area (Å²) in [5.41, 5.74) is -0.953. The van der Waals surface area contributed by atoms with Gasteiger partial charge < -0.3 is 24.6 Å². The van der Waals surface area contributed by atoms with E-state index in [2.05, 4.69) is 5.32 Å². The number of rotatable bonds is 3. The zero-order chi connectivity index (χ0) is 39.0. The summed E-state index contributed by atoms with van der Waals surface area (Å²) in [6.07, 6.45) is -0.603. The second-order valence-corrected chi connectivity index (χ2v) is 18.9. The Morgan fingerprint density at radius 3 is 1.43 bits per heavy atom. The topological polar surface area (TPSA) is 143 Å². The molecule has 0 unspecified atom stereocenters. The van der Waals surface area contributed by atoms with Gasteiger partial charge in [-0.1, -0.05) is 72.8 Å². The van der Waals surface area contributed by atoms with Gasteiger partial charge in [-0.25, -0.2) is 26.4 Å². The third-order valence-corrected chi connectivity index (χ3v) is 11.4. The Morgan fingerprint density at radius 1 is 0.585 bits per heavy atom. The molecule has 12 nitrogen and oxygen atoms in total. The van der Waals surface area contributed by atoms with Crippen molar-refractivity contribution in [1.82, 2.24) is 19.4 Å². The van der Waals surface area contributed by atoms with Gasteiger partial charge in [0, 0.05) is 73.8 Å². The monoisotopic (exact) mass is 788 g/mol. The van der Waals surface area contributed by atoms with E-state index in [9.17, 15) is 26.4 Å². The molecule has 0 aliphatic carbocycles. The van der Waals surface area contributed by atoms with E-state index in [1.807, 2.05) is 90.1 Å². The molecule has 2 fully saturated rings. The van der Waals surface area contributed by atoms with Gasteiger partial charge in [-0.2, -0.15) is 4.31 Å². The minimum absolute atomic E-state index is 0.164. The molecule has 0 bridgehead atoms. The predicted octanol–water partition coefficient (Wildman–Crippen LogP) is 6.68. The van der Waals surface area contributed by atoms with Gasteiger partial charge in [0.15, 0.2) is 0 Å². The molecule has 2 aliphatic rings. The van der Waals surface area contributed by atoms with Gasteiger partial charge in [-0.3, -0.25) is 0 Å². The first-order valence-corrected chi connectivity index (χ1v) is 21.1. The lowest BCUT2D eigenvalue weighted by molar-refractivity contribution is 0.0190. The van der Waals surface area contributed by atoms with Crippen molar-refractivity contribution in [3.8, 4) is 0 Å². The molecule has 2 heterocycles. The Morgan fingerprint density at radius 2 is 0.981 bits per heavy atom. The first-order valence-electron chi connectivity index (χ1n) is 17.3. The van der Waals surface area contributed by atoms with Crippen molar-refractivity contribution < 1.29 is 35.9 Å². The average Bonchev–Trinajstić information content (AvgIpc) is 3.10. The number of nitrogens with one attached hydrogen (secondary N) is 1. The van der Waals surface area contributed by atoms with Crippen LogP contribution in [0.4, 0.5) is 9.59 Å². The number of hydrogen-bond donors (Lipinski definition) is 1. The number of sulfonamides is 1. The number of nitrogens with zero attached hydrogens (tertiary/aromatic N) is 3. The quantitative estimate of drug-likeness (QED) is 0.225. The second kappa shape index (κ2) is 17.5. The smallest absolute Gasteiger partial charge is 0.410 e. The minimum Gasteiger partial charge on any atom is -0.444 e. The van der Waals surface area contributed by atoms with Gasteiger partial charge >= 0.3 is 12.2 Å². The van der Waals surface area contributed by atoms with E-state index >= 15 is 0 Å². The van der Waals surface area contributed by atoms with Crippen molar-refractivity contribution >= 4 is 63.5 Å². The number of benzene rings is 4. The largest absolute Gasteiger partial charge is 0.444 e. The maximum atomic E-state index is 13.1. The third kappa shape index (κ3) is 12.0. The molecule has 53 heavy (non-hydrogen) atoms. The van der Waals surface area contributed by atoms with Crippen LogP contribution in [0.2, 0.25) is 0 Å². The van der Waals surface area contributed by atoms with Crippen LogP contribution < -0.4 is 5.32 Å². The molecule has 2 saturated heterocycles. The van der Waals surface area contributed by atoms with E-state index in [0.717, 1.165) is 37.0 Å². The first-order chi connectivity index (χ1) is 24.8. The maximum absolute atomic E-state index is 13.1.